The minimum Gasteiger partial charge on any atom is -0.443 e. The third kappa shape index (κ3) is 3.88. The zero-order valence-corrected chi connectivity index (χ0v) is 18.1. The number of nitrogens with one attached hydrogen (secondary N) is 2. The number of aromatic amines is 1. The van der Waals surface area contributed by atoms with E-state index in [1.54, 1.807) is 6.20 Å². The van der Waals surface area contributed by atoms with Crippen molar-refractivity contribution in [2.75, 3.05) is 0 Å². The van der Waals surface area contributed by atoms with Crippen LogP contribution in [0.15, 0.2) is 46.7 Å². The van der Waals surface area contributed by atoms with Crippen LogP contribution in [0.2, 0.25) is 5.15 Å². The van der Waals surface area contributed by atoms with E-state index < -0.39 is 5.83 Å². The smallest absolute Gasteiger partial charge is 0.245 e. The lowest BCUT2D eigenvalue weighted by Crippen LogP contribution is -2.47. The number of nitrogens with two attached hydrogens (primary N) is 1. The molecule has 1 atom stereocenters. The average molecular weight is 456 g/mol. The molecular weight excluding hydrogens is 433 g/mol. The van der Waals surface area contributed by atoms with Crippen molar-refractivity contribution in [1.82, 2.24) is 25.3 Å². The van der Waals surface area contributed by atoms with E-state index in [-0.39, 0.29) is 28.6 Å². The number of rotatable bonds is 5. The highest BCUT2D eigenvalue weighted by Crippen LogP contribution is 2.41. The molecule has 0 amide bonds. The predicted octanol–water partition coefficient (Wildman–Crippen LogP) is 4.43. The van der Waals surface area contributed by atoms with Crippen LogP contribution in [0.3, 0.4) is 0 Å². The largest absolute Gasteiger partial charge is 0.443 e. The number of H-pyrrole nitrogens is 1. The molecule has 0 radical (unpaired) electrons. The van der Waals surface area contributed by atoms with Crippen LogP contribution in [0.4, 0.5) is 4.39 Å². The van der Waals surface area contributed by atoms with E-state index in [2.05, 4.69) is 36.8 Å². The molecule has 3 fully saturated rings. The van der Waals surface area contributed by atoms with Crippen LogP contribution in [0.1, 0.15) is 43.6 Å². The van der Waals surface area contributed by atoms with Crippen LogP contribution in [0.25, 0.3) is 22.6 Å². The van der Waals surface area contributed by atoms with Crippen LogP contribution >= 0.6 is 11.6 Å². The quantitative estimate of drug-likeness (QED) is 0.387. The summed E-state index contributed by atoms with van der Waals surface area (Å²) >= 11 is 6.01. The van der Waals surface area contributed by atoms with Gasteiger partial charge in [-0.25, -0.2) is 24.3 Å². The summed E-state index contributed by atoms with van der Waals surface area (Å²) in [6.07, 6.45) is 11.6. The molecular formula is C22H23ClFN7O. The lowest BCUT2D eigenvalue weighted by Gasteiger charge is -2.43. The summed E-state index contributed by atoms with van der Waals surface area (Å²) in [5.41, 5.74) is 7.71. The van der Waals surface area contributed by atoms with Gasteiger partial charge in [0, 0.05) is 17.8 Å². The Hall–Kier alpha value is -3.20. The van der Waals surface area contributed by atoms with Gasteiger partial charge in [0.15, 0.2) is 17.3 Å². The van der Waals surface area contributed by atoms with E-state index in [4.69, 9.17) is 21.8 Å². The van der Waals surface area contributed by atoms with E-state index in [9.17, 15) is 0 Å². The Morgan fingerprint density at radius 3 is 2.81 bits per heavy atom. The van der Waals surface area contributed by atoms with Gasteiger partial charge in [-0.2, -0.15) is 0 Å². The molecule has 6 rings (SSSR count). The third-order valence-electron chi connectivity index (χ3n) is 6.39. The summed E-state index contributed by atoms with van der Waals surface area (Å²) in [4.78, 5) is 20.0. The van der Waals surface area contributed by atoms with Crippen molar-refractivity contribution < 1.29 is 8.81 Å². The zero-order chi connectivity index (χ0) is 22.2. The Morgan fingerprint density at radius 1 is 1.31 bits per heavy atom. The summed E-state index contributed by atoms with van der Waals surface area (Å²) < 4.78 is 20.7. The minimum atomic E-state index is -0.737. The summed E-state index contributed by atoms with van der Waals surface area (Å²) in [6.45, 7) is 4.03. The maximum atomic E-state index is 15.6. The highest BCUT2D eigenvalue weighted by atomic mass is 35.5. The Balaban J connectivity index is 1.52. The number of amidine groups is 1. The van der Waals surface area contributed by atoms with Gasteiger partial charge in [-0.15, -0.1) is 0 Å². The zero-order valence-electron chi connectivity index (χ0n) is 17.3. The standard InChI is InChI=1S/C22H23ClFN7O/c1-11(14-9-27-21-19(14)31-16(23)10-28-21)29-20(17(24)18(25)22-26-6-7-32-22)30-15-8-12-2-4-13(15)5-3-12/h6-7,9-10,12-13,15H,1-5,8,25H2,(H,27,28)(H,29,30)/b18-17+/t12?,13?,15-/m1/s1. The second-order valence-corrected chi connectivity index (χ2v) is 8.72. The van der Waals surface area contributed by atoms with E-state index in [0.717, 1.165) is 19.3 Å². The molecule has 3 saturated carbocycles. The Kier molecular flexibility index (Phi) is 5.42. The Morgan fingerprint density at radius 2 is 2.12 bits per heavy atom. The van der Waals surface area contributed by atoms with Crippen LogP contribution in [0, 0.1) is 11.8 Å². The number of hydrogen-bond donors (Lipinski definition) is 3. The fourth-order valence-corrected chi connectivity index (χ4v) is 4.87. The molecule has 4 N–H and O–H groups in total. The molecule has 10 heteroatoms. The molecule has 0 unspecified atom stereocenters. The van der Waals surface area contributed by atoms with Gasteiger partial charge in [-0.05, 0) is 31.1 Å². The number of fused-ring (bicyclic) bond motifs is 4. The Labute approximate surface area is 188 Å². The van der Waals surface area contributed by atoms with Gasteiger partial charge in [-0.3, -0.25) is 0 Å². The number of oxazole rings is 1. The fourth-order valence-electron chi connectivity index (χ4n) is 4.74. The SMILES string of the molecule is C=C(/N=C(N[C@@H]1CC2CCC1CC2)\C(F)=C(/N)c1ncco1)c1c[nH]c2ncc(Cl)nc12. The first-order valence-electron chi connectivity index (χ1n) is 10.6. The van der Waals surface area contributed by atoms with Gasteiger partial charge < -0.3 is 20.5 Å². The highest BCUT2D eigenvalue weighted by molar-refractivity contribution is 6.29. The molecule has 0 spiro atoms. The Bertz CT molecular complexity index is 1210. The van der Waals surface area contributed by atoms with Crippen molar-refractivity contribution in [3.8, 4) is 0 Å². The summed E-state index contributed by atoms with van der Waals surface area (Å²) in [6, 6.07) is 0.120. The molecule has 0 aromatic carbocycles. The number of halogens is 2. The molecule has 3 aliphatic rings. The molecule has 166 valence electrons. The predicted molar refractivity (Wildman–Crippen MR) is 121 cm³/mol. The average Bonchev–Trinajstić information content (AvgIpc) is 3.48. The van der Waals surface area contributed by atoms with E-state index >= 15 is 4.39 Å². The molecule has 2 bridgehead atoms. The van der Waals surface area contributed by atoms with Crippen molar-refractivity contribution >= 4 is 40.0 Å². The number of nitrogens with zero attached hydrogens (tertiary/aromatic N) is 4. The topological polar surface area (TPSA) is 118 Å². The van der Waals surface area contributed by atoms with Gasteiger partial charge in [-0.1, -0.05) is 31.0 Å². The van der Waals surface area contributed by atoms with Crippen LogP contribution < -0.4 is 11.1 Å². The van der Waals surface area contributed by atoms with Crippen molar-refractivity contribution in [2.24, 2.45) is 22.6 Å². The molecule has 8 nitrogen and oxygen atoms in total. The lowest BCUT2D eigenvalue weighted by atomic mass is 9.68. The summed E-state index contributed by atoms with van der Waals surface area (Å²) in [5.74, 6) is 0.403. The molecule has 32 heavy (non-hydrogen) atoms. The van der Waals surface area contributed by atoms with Crippen LogP contribution in [-0.4, -0.2) is 31.8 Å². The monoisotopic (exact) mass is 455 g/mol. The van der Waals surface area contributed by atoms with Crippen molar-refractivity contribution in [3.63, 3.8) is 0 Å². The van der Waals surface area contributed by atoms with Gasteiger partial charge in [0.05, 0.1) is 18.1 Å². The first-order chi connectivity index (χ1) is 15.5. The first-order valence-corrected chi connectivity index (χ1v) is 11.0. The van der Waals surface area contributed by atoms with Crippen LogP contribution in [-0.2, 0) is 0 Å². The summed E-state index contributed by atoms with van der Waals surface area (Å²) in [5, 5.41) is 3.56. The van der Waals surface area contributed by atoms with Gasteiger partial charge >= 0.3 is 0 Å². The van der Waals surface area contributed by atoms with Crippen molar-refractivity contribution in [3.05, 3.63) is 53.9 Å². The minimum absolute atomic E-state index is 0.00230. The number of aliphatic imine (C=N–C) groups is 1. The van der Waals surface area contributed by atoms with Gasteiger partial charge in [0.1, 0.15) is 22.6 Å². The highest BCUT2D eigenvalue weighted by Gasteiger charge is 2.36. The molecule has 3 aromatic rings. The van der Waals surface area contributed by atoms with E-state index in [1.165, 1.54) is 31.5 Å². The third-order valence-corrected chi connectivity index (χ3v) is 6.57. The number of aromatic nitrogens is 4. The molecule has 3 aliphatic carbocycles. The maximum Gasteiger partial charge on any atom is 0.245 e. The summed E-state index contributed by atoms with van der Waals surface area (Å²) in [7, 11) is 0. The van der Waals surface area contributed by atoms with E-state index in [0.29, 0.717) is 34.3 Å². The molecule has 0 aliphatic heterocycles. The molecule has 3 heterocycles. The van der Waals surface area contributed by atoms with E-state index in [1.807, 2.05) is 0 Å². The maximum absolute atomic E-state index is 15.6. The first kappa shape index (κ1) is 20.7. The number of hydrogen-bond acceptors (Lipinski definition) is 6. The normalized spacial score (nSPS) is 23.9. The molecule has 0 saturated heterocycles. The van der Waals surface area contributed by atoms with Crippen LogP contribution in [0.5, 0.6) is 0 Å². The lowest BCUT2D eigenvalue weighted by molar-refractivity contribution is 0.136. The second kappa shape index (κ2) is 8.38. The van der Waals surface area contributed by atoms with Crippen molar-refractivity contribution in [2.45, 2.75) is 38.1 Å². The second-order valence-electron chi connectivity index (χ2n) is 8.33. The van der Waals surface area contributed by atoms with Gasteiger partial charge in [0.2, 0.25) is 5.89 Å². The van der Waals surface area contributed by atoms with Gasteiger partial charge in [0.25, 0.3) is 0 Å². The molecule has 3 aromatic heterocycles. The fraction of sp³-hybridized carbons (Fsp3) is 0.364. The van der Waals surface area contributed by atoms with Crippen molar-refractivity contribution in [1.29, 1.82) is 0 Å².